The minimum absolute atomic E-state index is 0.126. The van der Waals surface area contributed by atoms with E-state index in [2.05, 4.69) is 10.5 Å². The Bertz CT molecular complexity index is 687. The van der Waals surface area contributed by atoms with Gasteiger partial charge >= 0.3 is 6.03 Å². The first-order valence-corrected chi connectivity index (χ1v) is 8.60. The highest BCUT2D eigenvalue weighted by Gasteiger charge is 2.35. The molecule has 1 unspecified atom stereocenters. The molecule has 9 nitrogen and oxygen atoms in total. The minimum Gasteiger partial charge on any atom is -0.360 e. The number of hydrogen-bond acceptors (Lipinski definition) is 6. The summed E-state index contributed by atoms with van der Waals surface area (Å²) in [6, 6.07) is 1.37. The fourth-order valence-corrected chi connectivity index (χ4v) is 3.28. The molecule has 4 amide bonds. The molecule has 2 aliphatic heterocycles. The van der Waals surface area contributed by atoms with Gasteiger partial charge < -0.3 is 14.7 Å². The van der Waals surface area contributed by atoms with E-state index < -0.39 is 0 Å². The number of aromatic nitrogens is 1. The maximum Gasteiger partial charge on any atom is 0.325 e. The van der Waals surface area contributed by atoms with Crippen LogP contribution in [0.2, 0.25) is 0 Å². The molecule has 0 radical (unpaired) electrons. The van der Waals surface area contributed by atoms with E-state index in [4.69, 9.17) is 4.52 Å². The zero-order chi connectivity index (χ0) is 17.6. The van der Waals surface area contributed by atoms with Crippen molar-refractivity contribution in [2.75, 3.05) is 33.2 Å². The maximum absolute atomic E-state index is 12.5. The smallest absolute Gasteiger partial charge is 0.325 e. The van der Waals surface area contributed by atoms with Crippen molar-refractivity contribution >= 4 is 17.8 Å². The standard InChI is InChI=1S/C16H21N5O4/c1-19-14(22)9-13(17-16(19)24)20-4-6-21(7-5-20)15(23)11-8-12(25-18-11)10-2-3-10/h8,10,13H,2-7,9H2,1H3,(H,17,24). The number of hydrogen-bond donors (Lipinski definition) is 1. The Morgan fingerprint density at radius 2 is 1.96 bits per heavy atom. The largest absolute Gasteiger partial charge is 0.360 e. The number of carbonyl (C=O) groups is 3. The fourth-order valence-electron chi connectivity index (χ4n) is 3.28. The van der Waals surface area contributed by atoms with E-state index in [1.165, 1.54) is 7.05 Å². The average Bonchev–Trinajstić information content (AvgIpc) is 3.36. The molecule has 3 heterocycles. The van der Waals surface area contributed by atoms with E-state index in [0.717, 1.165) is 23.5 Å². The van der Waals surface area contributed by atoms with Crippen molar-refractivity contribution in [3.8, 4) is 0 Å². The summed E-state index contributed by atoms with van der Waals surface area (Å²) in [6.45, 7) is 2.25. The molecule has 1 atom stereocenters. The lowest BCUT2D eigenvalue weighted by Crippen LogP contribution is -2.62. The fraction of sp³-hybridized carbons (Fsp3) is 0.625. The second-order valence-corrected chi connectivity index (χ2v) is 6.84. The van der Waals surface area contributed by atoms with Gasteiger partial charge in [-0.25, -0.2) is 4.79 Å². The third kappa shape index (κ3) is 3.11. The van der Waals surface area contributed by atoms with E-state index >= 15 is 0 Å². The Morgan fingerprint density at radius 1 is 1.24 bits per heavy atom. The summed E-state index contributed by atoms with van der Waals surface area (Å²) in [5.41, 5.74) is 0.359. The molecule has 1 aromatic rings. The van der Waals surface area contributed by atoms with Crippen LogP contribution in [0.4, 0.5) is 4.79 Å². The number of carbonyl (C=O) groups excluding carboxylic acids is 3. The van der Waals surface area contributed by atoms with Crippen molar-refractivity contribution in [2.24, 2.45) is 0 Å². The van der Waals surface area contributed by atoms with E-state index in [1.54, 1.807) is 11.0 Å². The van der Waals surface area contributed by atoms with Gasteiger partial charge in [-0.3, -0.25) is 19.4 Å². The Hall–Kier alpha value is -2.42. The third-order valence-corrected chi connectivity index (χ3v) is 5.11. The van der Waals surface area contributed by atoms with Crippen LogP contribution in [0.1, 0.15) is 41.4 Å². The predicted molar refractivity (Wildman–Crippen MR) is 85.7 cm³/mol. The first-order chi connectivity index (χ1) is 12.0. The second-order valence-electron chi connectivity index (χ2n) is 6.84. The highest BCUT2D eigenvalue weighted by molar-refractivity contribution is 5.96. The number of amides is 4. The monoisotopic (exact) mass is 347 g/mol. The van der Waals surface area contributed by atoms with Crippen molar-refractivity contribution in [1.82, 2.24) is 25.2 Å². The van der Waals surface area contributed by atoms with Crippen LogP contribution in [0.25, 0.3) is 0 Å². The molecular formula is C16H21N5O4. The quantitative estimate of drug-likeness (QED) is 0.839. The van der Waals surface area contributed by atoms with Gasteiger partial charge in [-0.1, -0.05) is 5.16 Å². The van der Waals surface area contributed by atoms with Gasteiger partial charge in [0.25, 0.3) is 5.91 Å². The molecule has 1 N–H and O–H groups in total. The zero-order valence-corrected chi connectivity index (χ0v) is 14.1. The first kappa shape index (κ1) is 16.1. The maximum atomic E-state index is 12.5. The molecule has 0 bridgehead atoms. The molecule has 4 rings (SSSR count). The molecule has 0 spiro atoms. The molecule has 1 saturated carbocycles. The van der Waals surface area contributed by atoms with Gasteiger partial charge in [-0.2, -0.15) is 0 Å². The van der Waals surface area contributed by atoms with Gasteiger partial charge in [0.05, 0.1) is 12.6 Å². The summed E-state index contributed by atoms with van der Waals surface area (Å²) in [5, 5.41) is 6.73. The number of piperazine rings is 1. The van der Waals surface area contributed by atoms with Crippen molar-refractivity contribution in [2.45, 2.75) is 31.3 Å². The zero-order valence-electron chi connectivity index (χ0n) is 14.1. The van der Waals surface area contributed by atoms with Gasteiger partial charge in [0, 0.05) is 45.2 Å². The number of rotatable bonds is 3. The Labute approximate surface area is 144 Å². The van der Waals surface area contributed by atoms with Crippen molar-refractivity contribution in [3.05, 3.63) is 17.5 Å². The third-order valence-electron chi connectivity index (χ3n) is 5.11. The highest BCUT2D eigenvalue weighted by Crippen LogP contribution is 2.40. The van der Waals surface area contributed by atoms with Gasteiger partial charge in [0.2, 0.25) is 5.91 Å². The van der Waals surface area contributed by atoms with Crippen LogP contribution in [0.5, 0.6) is 0 Å². The summed E-state index contributed by atoms with van der Waals surface area (Å²) in [7, 11) is 1.47. The van der Waals surface area contributed by atoms with Gasteiger partial charge in [-0.05, 0) is 12.8 Å². The first-order valence-electron chi connectivity index (χ1n) is 8.60. The lowest BCUT2D eigenvalue weighted by Gasteiger charge is -2.41. The van der Waals surface area contributed by atoms with Crippen LogP contribution in [-0.4, -0.2) is 77.1 Å². The molecule has 3 fully saturated rings. The number of nitrogens with zero attached hydrogens (tertiary/aromatic N) is 4. The van der Waals surface area contributed by atoms with E-state index in [0.29, 0.717) is 37.8 Å². The molecule has 25 heavy (non-hydrogen) atoms. The minimum atomic E-state index is -0.380. The molecule has 3 aliphatic rings. The van der Waals surface area contributed by atoms with Crippen LogP contribution in [0, 0.1) is 0 Å². The molecule has 9 heteroatoms. The van der Waals surface area contributed by atoms with E-state index in [1.807, 2.05) is 4.90 Å². The SMILES string of the molecule is CN1C(=O)CC(N2CCN(C(=O)c3cc(C4CC4)on3)CC2)NC1=O. The summed E-state index contributed by atoms with van der Waals surface area (Å²) in [4.78, 5) is 41.0. The normalized spacial score (nSPS) is 25.2. The Morgan fingerprint density at radius 3 is 2.60 bits per heavy atom. The number of nitrogens with one attached hydrogen (secondary N) is 1. The van der Waals surface area contributed by atoms with E-state index in [-0.39, 0.29) is 30.4 Å². The molecule has 134 valence electrons. The van der Waals surface area contributed by atoms with Gasteiger partial charge in [0.15, 0.2) is 5.69 Å². The Balaban J connectivity index is 1.34. The van der Waals surface area contributed by atoms with Crippen LogP contribution >= 0.6 is 0 Å². The van der Waals surface area contributed by atoms with E-state index in [9.17, 15) is 14.4 Å². The summed E-state index contributed by atoms with van der Waals surface area (Å²) >= 11 is 0. The highest BCUT2D eigenvalue weighted by atomic mass is 16.5. The van der Waals surface area contributed by atoms with Crippen LogP contribution in [-0.2, 0) is 4.79 Å². The molecular weight excluding hydrogens is 326 g/mol. The van der Waals surface area contributed by atoms with Crippen LogP contribution in [0.15, 0.2) is 10.6 Å². The summed E-state index contributed by atoms with van der Waals surface area (Å²) < 4.78 is 5.25. The van der Waals surface area contributed by atoms with Crippen molar-refractivity contribution in [3.63, 3.8) is 0 Å². The van der Waals surface area contributed by atoms with Crippen molar-refractivity contribution < 1.29 is 18.9 Å². The predicted octanol–water partition coefficient (Wildman–Crippen LogP) is 0.208. The molecule has 1 aromatic heterocycles. The lowest BCUT2D eigenvalue weighted by molar-refractivity contribution is -0.130. The average molecular weight is 347 g/mol. The van der Waals surface area contributed by atoms with Gasteiger partial charge in [0.1, 0.15) is 5.76 Å². The summed E-state index contributed by atoms with van der Waals surface area (Å²) in [5.74, 6) is 0.910. The topological polar surface area (TPSA) is 99.0 Å². The van der Waals surface area contributed by atoms with Crippen LogP contribution in [0.3, 0.4) is 0 Å². The molecule has 2 saturated heterocycles. The number of urea groups is 1. The van der Waals surface area contributed by atoms with Crippen molar-refractivity contribution in [1.29, 1.82) is 0 Å². The second kappa shape index (κ2) is 6.14. The summed E-state index contributed by atoms with van der Waals surface area (Å²) in [6.07, 6.45) is 2.15. The van der Waals surface area contributed by atoms with Gasteiger partial charge in [-0.15, -0.1) is 0 Å². The van der Waals surface area contributed by atoms with Crippen LogP contribution < -0.4 is 5.32 Å². The Kier molecular flexibility index (Phi) is 3.95. The number of imide groups is 1. The molecule has 1 aliphatic carbocycles. The lowest BCUT2D eigenvalue weighted by atomic mass is 10.2. The molecule has 0 aromatic carbocycles.